The molecule has 2 N–H and O–H groups in total. The van der Waals surface area contributed by atoms with Crippen LogP contribution in [-0.2, 0) is 16.0 Å². The average molecular weight is 232 g/mol. The van der Waals surface area contributed by atoms with E-state index in [-0.39, 0.29) is 11.3 Å². The maximum atomic E-state index is 12.0. The molecule has 0 spiro atoms. The number of hydrogen-bond acceptors (Lipinski definition) is 2. The molecule has 2 amide bonds. The maximum Gasteiger partial charge on any atom is 0.244 e. The van der Waals surface area contributed by atoms with Crippen LogP contribution >= 0.6 is 0 Å². The van der Waals surface area contributed by atoms with E-state index in [0.29, 0.717) is 6.41 Å². The van der Waals surface area contributed by atoms with Crippen molar-refractivity contribution in [1.82, 2.24) is 10.9 Å². The molecule has 4 nitrogen and oxygen atoms in total. The Balaban J connectivity index is 2.04. The second-order valence-corrected chi connectivity index (χ2v) is 4.51. The molecule has 1 aromatic carbocycles. The number of carbonyl (C=O) groups is 2. The van der Waals surface area contributed by atoms with Gasteiger partial charge in [0.2, 0.25) is 12.3 Å². The van der Waals surface area contributed by atoms with Crippen molar-refractivity contribution in [3.8, 4) is 0 Å². The van der Waals surface area contributed by atoms with Crippen LogP contribution in [0.15, 0.2) is 30.3 Å². The standard InChI is InChI=1S/C13H16N2O2/c16-10-14-15-12(17)13(7-4-8-13)9-11-5-2-1-3-6-11/h1-3,5-6,10H,4,7-9H2,(H,14,16)(H,15,17). The summed E-state index contributed by atoms with van der Waals surface area (Å²) in [6.07, 6.45) is 4.05. The molecule has 2 rings (SSSR count). The predicted molar refractivity (Wildman–Crippen MR) is 63.8 cm³/mol. The second-order valence-electron chi connectivity index (χ2n) is 4.51. The Bertz CT molecular complexity index is 399. The van der Waals surface area contributed by atoms with Crippen molar-refractivity contribution < 1.29 is 9.59 Å². The molecule has 0 heterocycles. The number of benzene rings is 1. The first-order valence-electron chi connectivity index (χ1n) is 5.80. The van der Waals surface area contributed by atoms with E-state index in [2.05, 4.69) is 10.9 Å². The third-order valence-corrected chi connectivity index (χ3v) is 3.42. The Morgan fingerprint density at radius 3 is 2.53 bits per heavy atom. The molecule has 90 valence electrons. The van der Waals surface area contributed by atoms with Crippen LogP contribution in [0.3, 0.4) is 0 Å². The second kappa shape index (κ2) is 4.99. The molecule has 1 aromatic rings. The van der Waals surface area contributed by atoms with Gasteiger partial charge >= 0.3 is 0 Å². The van der Waals surface area contributed by atoms with Gasteiger partial charge in [0.1, 0.15) is 0 Å². The highest BCUT2D eigenvalue weighted by Gasteiger charge is 2.43. The van der Waals surface area contributed by atoms with Crippen molar-refractivity contribution in [3.63, 3.8) is 0 Å². The number of hydrogen-bond donors (Lipinski definition) is 2. The number of rotatable bonds is 5. The zero-order valence-electron chi connectivity index (χ0n) is 9.61. The molecule has 4 heteroatoms. The van der Waals surface area contributed by atoms with E-state index >= 15 is 0 Å². The van der Waals surface area contributed by atoms with Crippen LogP contribution in [0.2, 0.25) is 0 Å². The number of carbonyl (C=O) groups excluding carboxylic acids is 2. The van der Waals surface area contributed by atoms with Gasteiger partial charge in [-0.15, -0.1) is 0 Å². The fourth-order valence-electron chi connectivity index (χ4n) is 2.30. The Hall–Kier alpha value is -1.84. The summed E-state index contributed by atoms with van der Waals surface area (Å²) >= 11 is 0. The van der Waals surface area contributed by atoms with Gasteiger partial charge in [0.25, 0.3) is 0 Å². The van der Waals surface area contributed by atoms with Gasteiger partial charge in [-0.2, -0.15) is 0 Å². The monoisotopic (exact) mass is 232 g/mol. The Labute approximate surface area is 100 Å². The SMILES string of the molecule is O=CNNC(=O)C1(Cc2ccccc2)CCC1. The van der Waals surface area contributed by atoms with Crippen molar-refractivity contribution in [2.45, 2.75) is 25.7 Å². The lowest BCUT2D eigenvalue weighted by Gasteiger charge is -2.40. The summed E-state index contributed by atoms with van der Waals surface area (Å²) in [6.45, 7) is 0. The molecular weight excluding hydrogens is 216 g/mol. The number of amides is 2. The first-order valence-corrected chi connectivity index (χ1v) is 5.80. The molecule has 1 aliphatic carbocycles. The van der Waals surface area contributed by atoms with E-state index in [1.165, 1.54) is 0 Å². The van der Waals surface area contributed by atoms with Gasteiger partial charge in [-0.05, 0) is 24.8 Å². The van der Waals surface area contributed by atoms with Gasteiger partial charge in [-0.25, -0.2) is 0 Å². The number of hydrazine groups is 1. The van der Waals surface area contributed by atoms with Crippen LogP contribution in [0.25, 0.3) is 0 Å². The molecule has 0 bridgehead atoms. The summed E-state index contributed by atoms with van der Waals surface area (Å²) in [7, 11) is 0. The summed E-state index contributed by atoms with van der Waals surface area (Å²) in [5, 5.41) is 0. The molecular formula is C13H16N2O2. The number of nitrogens with one attached hydrogen (secondary N) is 2. The minimum absolute atomic E-state index is 0.0836. The first kappa shape index (κ1) is 11.6. The smallest absolute Gasteiger partial charge is 0.244 e. The minimum Gasteiger partial charge on any atom is -0.277 e. The first-order chi connectivity index (χ1) is 8.27. The zero-order chi connectivity index (χ0) is 12.1. The molecule has 0 saturated heterocycles. The quantitative estimate of drug-likeness (QED) is 0.591. The van der Waals surface area contributed by atoms with Gasteiger partial charge in [-0.3, -0.25) is 20.4 Å². The van der Waals surface area contributed by atoms with Crippen LogP contribution in [-0.4, -0.2) is 12.3 Å². The van der Waals surface area contributed by atoms with Gasteiger partial charge in [-0.1, -0.05) is 36.8 Å². The minimum atomic E-state index is -0.336. The van der Waals surface area contributed by atoms with E-state index in [1.54, 1.807) is 0 Å². The largest absolute Gasteiger partial charge is 0.277 e. The van der Waals surface area contributed by atoms with E-state index in [4.69, 9.17) is 0 Å². The summed E-state index contributed by atoms with van der Waals surface area (Å²) < 4.78 is 0. The molecule has 17 heavy (non-hydrogen) atoms. The molecule has 1 saturated carbocycles. The lowest BCUT2D eigenvalue weighted by atomic mass is 9.65. The summed E-state index contributed by atoms with van der Waals surface area (Å²) in [5.41, 5.74) is 5.49. The van der Waals surface area contributed by atoms with E-state index in [9.17, 15) is 9.59 Å². The third kappa shape index (κ3) is 2.46. The van der Waals surface area contributed by atoms with Crippen LogP contribution in [0.4, 0.5) is 0 Å². The molecule has 0 aliphatic heterocycles. The van der Waals surface area contributed by atoms with Crippen LogP contribution < -0.4 is 10.9 Å². The zero-order valence-corrected chi connectivity index (χ0v) is 9.61. The summed E-state index contributed by atoms with van der Waals surface area (Å²) in [6, 6.07) is 9.97. The highest BCUT2D eigenvalue weighted by Crippen LogP contribution is 2.43. The van der Waals surface area contributed by atoms with Crippen LogP contribution in [0.5, 0.6) is 0 Å². The van der Waals surface area contributed by atoms with Gasteiger partial charge in [0, 0.05) is 0 Å². The highest BCUT2D eigenvalue weighted by atomic mass is 16.2. The fourth-order valence-corrected chi connectivity index (χ4v) is 2.30. The van der Waals surface area contributed by atoms with E-state index in [0.717, 1.165) is 31.2 Å². The summed E-state index contributed by atoms with van der Waals surface area (Å²) in [5.74, 6) is -0.0836. The van der Waals surface area contributed by atoms with Gasteiger partial charge in [0.15, 0.2) is 0 Å². The fraction of sp³-hybridized carbons (Fsp3) is 0.385. The van der Waals surface area contributed by atoms with Crippen molar-refractivity contribution in [2.24, 2.45) is 5.41 Å². The lowest BCUT2D eigenvalue weighted by Crippen LogP contribution is -2.51. The molecule has 1 aliphatic rings. The average Bonchev–Trinajstić information content (AvgIpc) is 2.32. The van der Waals surface area contributed by atoms with Crippen molar-refractivity contribution in [1.29, 1.82) is 0 Å². The predicted octanol–water partition coefficient (Wildman–Crippen LogP) is 1.18. The normalized spacial score (nSPS) is 16.7. The van der Waals surface area contributed by atoms with Crippen molar-refractivity contribution in [2.75, 3.05) is 0 Å². The topological polar surface area (TPSA) is 58.2 Å². The molecule has 1 fully saturated rings. The molecule has 0 aromatic heterocycles. The Kier molecular flexibility index (Phi) is 3.42. The summed E-state index contributed by atoms with van der Waals surface area (Å²) in [4.78, 5) is 22.2. The molecule has 0 radical (unpaired) electrons. The molecule has 0 atom stereocenters. The molecule has 0 unspecified atom stereocenters. The third-order valence-electron chi connectivity index (χ3n) is 3.42. The van der Waals surface area contributed by atoms with E-state index in [1.807, 2.05) is 30.3 Å². The Morgan fingerprint density at radius 2 is 2.00 bits per heavy atom. The Morgan fingerprint density at radius 1 is 1.29 bits per heavy atom. The van der Waals surface area contributed by atoms with Crippen molar-refractivity contribution in [3.05, 3.63) is 35.9 Å². The van der Waals surface area contributed by atoms with Crippen LogP contribution in [0, 0.1) is 5.41 Å². The van der Waals surface area contributed by atoms with Gasteiger partial charge < -0.3 is 0 Å². The van der Waals surface area contributed by atoms with Gasteiger partial charge in [0.05, 0.1) is 5.41 Å². The lowest BCUT2D eigenvalue weighted by molar-refractivity contribution is -0.138. The highest BCUT2D eigenvalue weighted by molar-refractivity contribution is 5.84. The van der Waals surface area contributed by atoms with Crippen LogP contribution in [0.1, 0.15) is 24.8 Å². The maximum absolute atomic E-state index is 12.0. The van der Waals surface area contributed by atoms with Crippen molar-refractivity contribution >= 4 is 12.3 Å². The van der Waals surface area contributed by atoms with E-state index < -0.39 is 0 Å².